The Morgan fingerprint density at radius 2 is 1.95 bits per heavy atom. The lowest BCUT2D eigenvalue weighted by molar-refractivity contribution is -0.119. The summed E-state index contributed by atoms with van der Waals surface area (Å²) in [5.74, 6) is 0.312. The van der Waals surface area contributed by atoms with E-state index in [0.717, 1.165) is 29.8 Å². The van der Waals surface area contributed by atoms with E-state index >= 15 is 0 Å². The number of fused-ring (bicyclic) bond motifs is 1. The van der Waals surface area contributed by atoms with Crippen molar-refractivity contribution in [3.05, 3.63) is 29.8 Å². The minimum atomic E-state index is -0.770. The Labute approximate surface area is 113 Å². The number of carbonyl (C=O) groups excluding carboxylic acids is 1. The van der Waals surface area contributed by atoms with Crippen LogP contribution in [0, 0.1) is 5.92 Å². The van der Waals surface area contributed by atoms with Crippen molar-refractivity contribution in [2.75, 3.05) is 11.9 Å². The van der Waals surface area contributed by atoms with Gasteiger partial charge >= 0.3 is 0 Å². The fourth-order valence-electron chi connectivity index (χ4n) is 3.10. The van der Waals surface area contributed by atoms with Gasteiger partial charge in [-0.2, -0.15) is 0 Å². The van der Waals surface area contributed by atoms with Crippen LogP contribution in [0.2, 0.25) is 0 Å². The average molecular weight is 257 g/mol. The van der Waals surface area contributed by atoms with Crippen LogP contribution < -0.4 is 10.6 Å². The van der Waals surface area contributed by atoms with E-state index in [-0.39, 0.29) is 5.91 Å². The van der Waals surface area contributed by atoms with Crippen LogP contribution in [0.15, 0.2) is 29.3 Å². The van der Waals surface area contributed by atoms with Crippen LogP contribution in [0.4, 0.5) is 5.69 Å². The molecule has 1 saturated carbocycles. The molecule has 0 spiro atoms. The minimum absolute atomic E-state index is 0.138. The van der Waals surface area contributed by atoms with Gasteiger partial charge < -0.3 is 10.6 Å². The Hall–Kier alpha value is -1.68. The molecule has 1 heterocycles. The Morgan fingerprint density at radius 1 is 1.26 bits per heavy atom. The summed E-state index contributed by atoms with van der Waals surface area (Å²) in [6.45, 7) is 0. The number of benzodiazepines with no additional fused rings is 1. The molecule has 1 aliphatic carbocycles. The van der Waals surface area contributed by atoms with Crippen LogP contribution in [-0.4, -0.2) is 24.8 Å². The molecule has 3 rings (SSSR count). The van der Waals surface area contributed by atoms with Gasteiger partial charge in [0.1, 0.15) is 0 Å². The van der Waals surface area contributed by atoms with Crippen LogP contribution in [0.5, 0.6) is 0 Å². The molecule has 0 bridgehead atoms. The van der Waals surface area contributed by atoms with Gasteiger partial charge in [0.05, 0.1) is 5.69 Å². The van der Waals surface area contributed by atoms with Crippen molar-refractivity contribution in [3.63, 3.8) is 0 Å². The fraction of sp³-hybridized carbons (Fsp3) is 0.467. The predicted molar refractivity (Wildman–Crippen MR) is 76.3 cm³/mol. The van der Waals surface area contributed by atoms with Crippen molar-refractivity contribution in [2.45, 2.75) is 31.8 Å². The van der Waals surface area contributed by atoms with E-state index in [9.17, 15) is 4.79 Å². The number of carbonyl (C=O) groups is 1. The van der Waals surface area contributed by atoms with Crippen molar-refractivity contribution >= 4 is 17.3 Å². The highest BCUT2D eigenvalue weighted by Gasteiger charge is 2.31. The topological polar surface area (TPSA) is 58.7 Å². The molecular formula is C15H19N3O. The van der Waals surface area contributed by atoms with Crippen molar-refractivity contribution in [1.29, 1.82) is 0 Å². The maximum absolute atomic E-state index is 12.2. The number of anilines is 1. The summed E-state index contributed by atoms with van der Waals surface area (Å²) in [4.78, 5) is 18.3. The molecule has 1 amide bonds. The van der Waals surface area contributed by atoms with Gasteiger partial charge in [-0.3, -0.25) is 9.79 Å². The molecule has 2 aliphatic rings. The van der Waals surface area contributed by atoms with Crippen LogP contribution in [0.1, 0.15) is 31.2 Å². The van der Waals surface area contributed by atoms with Crippen LogP contribution in [0.25, 0.3) is 0 Å². The van der Waals surface area contributed by atoms with Gasteiger partial charge in [0.15, 0.2) is 6.17 Å². The molecule has 19 heavy (non-hydrogen) atoms. The van der Waals surface area contributed by atoms with Crippen molar-refractivity contribution < 1.29 is 4.79 Å². The Morgan fingerprint density at radius 3 is 2.68 bits per heavy atom. The maximum atomic E-state index is 12.2. The number of rotatable bonds is 1. The van der Waals surface area contributed by atoms with Gasteiger partial charge in [-0.15, -0.1) is 0 Å². The molecule has 2 N–H and O–H groups in total. The first-order chi connectivity index (χ1) is 9.18. The smallest absolute Gasteiger partial charge is 0.266 e. The molecule has 1 atom stereocenters. The van der Waals surface area contributed by atoms with Crippen LogP contribution in [0.3, 0.4) is 0 Å². The normalized spacial score (nSPS) is 24.1. The largest absolute Gasteiger partial charge is 0.312 e. The zero-order valence-corrected chi connectivity index (χ0v) is 11.2. The molecule has 100 valence electrons. The third kappa shape index (κ3) is 2.06. The van der Waals surface area contributed by atoms with Gasteiger partial charge in [-0.05, 0) is 18.9 Å². The number of amides is 1. The first-order valence-corrected chi connectivity index (χ1v) is 6.88. The zero-order valence-electron chi connectivity index (χ0n) is 11.2. The zero-order chi connectivity index (χ0) is 13.4. The van der Waals surface area contributed by atoms with Gasteiger partial charge in [0, 0.05) is 24.2 Å². The van der Waals surface area contributed by atoms with Gasteiger partial charge in [0.25, 0.3) is 5.91 Å². The van der Waals surface area contributed by atoms with Crippen LogP contribution in [-0.2, 0) is 4.79 Å². The highest BCUT2D eigenvalue weighted by molar-refractivity contribution is 6.13. The first kappa shape index (κ1) is 12.4. The number of likely N-dealkylation sites (N-methyl/N-ethyl adjacent to an activating group) is 1. The molecular weight excluding hydrogens is 238 g/mol. The number of aliphatic imine (C=N–C) groups is 1. The van der Waals surface area contributed by atoms with Crippen molar-refractivity contribution in [3.8, 4) is 0 Å². The number of nitrogens with two attached hydrogens (primary N) is 1. The highest BCUT2D eigenvalue weighted by Crippen LogP contribution is 2.33. The summed E-state index contributed by atoms with van der Waals surface area (Å²) in [6, 6.07) is 7.97. The maximum Gasteiger partial charge on any atom is 0.266 e. The fourth-order valence-corrected chi connectivity index (χ4v) is 3.10. The molecule has 1 fully saturated rings. The number of benzene rings is 1. The molecule has 0 aromatic heterocycles. The number of para-hydroxylation sites is 1. The Balaban J connectivity index is 2.12. The Bertz CT molecular complexity index is 532. The summed E-state index contributed by atoms with van der Waals surface area (Å²) in [7, 11) is 1.77. The monoisotopic (exact) mass is 257 g/mol. The number of hydrogen-bond acceptors (Lipinski definition) is 3. The van der Waals surface area contributed by atoms with Crippen LogP contribution >= 0.6 is 0 Å². The Kier molecular flexibility index (Phi) is 3.11. The molecule has 1 aromatic carbocycles. The summed E-state index contributed by atoms with van der Waals surface area (Å²) in [5, 5.41) is 0. The lowest BCUT2D eigenvalue weighted by Crippen LogP contribution is -2.39. The van der Waals surface area contributed by atoms with E-state index < -0.39 is 6.17 Å². The highest BCUT2D eigenvalue weighted by atomic mass is 16.2. The molecule has 1 aromatic rings. The summed E-state index contributed by atoms with van der Waals surface area (Å²) >= 11 is 0. The predicted octanol–water partition coefficient (Wildman–Crippen LogP) is 1.93. The number of hydrogen-bond donors (Lipinski definition) is 1. The van der Waals surface area contributed by atoms with E-state index in [1.807, 2.05) is 24.3 Å². The molecule has 0 saturated heterocycles. The second-order valence-corrected chi connectivity index (χ2v) is 5.35. The quantitative estimate of drug-likeness (QED) is 0.835. The SMILES string of the molecule is CN1C(=O)[C@@H](N)N=C(C2CCCC2)c2ccccc21. The van der Waals surface area contributed by atoms with Gasteiger partial charge in [0.2, 0.25) is 0 Å². The van der Waals surface area contributed by atoms with E-state index in [1.54, 1.807) is 11.9 Å². The molecule has 4 heteroatoms. The number of nitrogens with zero attached hydrogens (tertiary/aromatic N) is 2. The lowest BCUT2D eigenvalue weighted by atomic mass is 9.94. The molecule has 0 unspecified atom stereocenters. The lowest BCUT2D eigenvalue weighted by Gasteiger charge is -2.19. The minimum Gasteiger partial charge on any atom is -0.312 e. The third-order valence-corrected chi connectivity index (χ3v) is 4.14. The summed E-state index contributed by atoms with van der Waals surface area (Å²) in [6.07, 6.45) is 4.01. The van der Waals surface area contributed by atoms with Crippen molar-refractivity contribution in [1.82, 2.24) is 0 Å². The molecule has 4 nitrogen and oxygen atoms in total. The van der Waals surface area contributed by atoms with Gasteiger partial charge in [-0.25, -0.2) is 0 Å². The molecule has 1 aliphatic heterocycles. The standard InChI is InChI=1S/C15H19N3O/c1-18-12-9-5-4-8-11(12)13(10-6-2-3-7-10)17-14(16)15(18)19/h4-5,8-10,14H,2-3,6-7,16H2,1H3/t14-/m0/s1. The van der Waals surface area contributed by atoms with E-state index in [4.69, 9.17) is 5.73 Å². The van der Waals surface area contributed by atoms with E-state index in [0.29, 0.717) is 5.92 Å². The summed E-state index contributed by atoms with van der Waals surface area (Å²) < 4.78 is 0. The second-order valence-electron chi connectivity index (χ2n) is 5.35. The average Bonchev–Trinajstić information content (AvgIpc) is 2.94. The first-order valence-electron chi connectivity index (χ1n) is 6.88. The molecule has 0 radical (unpaired) electrons. The van der Waals surface area contributed by atoms with Gasteiger partial charge in [-0.1, -0.05) is 31.0 Å². The second kappa shape index (κ2) is 4.78. The van der Waals surface area contributed by atoms with Crippen molar-refractivity contribution in [2.24, 2.45) is 16.6 Å². The van der Waals surface area contributed by atoms with E-state index in [1.165, 1.54) is 12.8 Å². The third-order valence-electron chi connectivity index (χ3n) is 4.14. The summed E-state index contributed by atoms with van der Waals surface area (Å²) in [5.41, 5.74) is 8.94. The van der Waals surface area contributed by atoms with E-state index in [2.05, 4.69) is 4.99 Å².